The monoisotopic (exact) mass is 451 g/mol. The number of rotatable bonds is 11. The standard InChI is InChI=1S/C20H29N5O5S/c21-17(27)12-15(9-10-16(26)14-6-2-1-3-7-14)20-24-18(25-30-20)13-23-31(28,29)19-8-4-5-11-22-19/h4-5,8,11,14-16,23,26H,1-3,6-7,9-10,12-13H2,(H2,21,27)/t15-,16?/m1/s1. The summed E-state index contributed by atoms with van der Waals surface area (Å²) < 4.78 is 32.2. The Morgan fingerprint density at radius 2 is 2.03 bits per heavy atom. The average molecular weight is 452 g/mol. The van der Waals surface area contributed by atoms with Gasteiger partial charge >= 0.3 is 0 Å². The van der Waals surface area contributed by atoms with Crippen molar-refractivity contribution < 1.29 is 22.8 Å². The van der Waals surface area contributed by atoms with Crippen molar-refractivity contribution in [3.8, 4) is 0 Å². The number of hydrogen-bond donors (Lipinski definition) is 3. The molecule has 1 aliphatic carbocycles. The normalized spacial score (nSPS) is 17.3. The third-order valence-electron chi connectivity index (χ3n) is 5.62. The van der Waals surface area contributed by atoms with Crippen molar-refractivity contribution in [1.82, 2.24) is 19.8 Å². The molecule has 1 unspecified atom stereocenters. The van der Waals surface area contributed by atoms with Crippen LogP contribution in [0.2, 0.25) is 0 Å². The molecule has 0 aliphatic heterocycles. The molecule has 170 valence electrons. The summed E-state index contributed by atoms with van der Waals surface area (Å²) in [6.07, 6.45) is 7.45. The van der Waals surface area contributed by atoms with Gasteiger partial charge in [0, 0.05) is 18.5 Å². The average Bonchev–Trinajstić information content (AvgIpc) is 3.25. The summed E-state index contributed by atoms with van der Waals surface area (Å²) >= 11 is 0. The Balaban J connectivity index is 1.60. The predicted molar refractivity (Wildman–Crippen MR) is 111 cm³/mol. The van der Waals surface area contributed by atoms with Crippen LogP contribution in [0.5, 0.6) is 0 Å². The Hall–Kier alpha value is -2.37. The van der Waals surface area contributed by atoms with Crippen LogP contribution in [0.4, 0.5) is 0 Å². The molecule has 4 N–H and O–H groups in total. The van der Waals surface area contributed by atoms with Crippen LogP contribution < -0.4 is 10.5 Å². The second-order valence-electron chi connectivity index (χ2n) is 7.95. The highest BCUT2D eigenvalue weighted by Crippen LogP contribution is 2.31. The zero-order valence-electron chi connectivity index (χ0n) is 17.3. The fraction of sp³-hybridized carbons (Fsp3) is 0.600. The Kier molecular flexibility index (Phi) is 8.10. The molecule has 1 amide bonds. The number of nitrogens with two attached hydrogens (primary N) is 1. The van der Waals surface area contributed by atoms with E-state index < -0.39 is 28.0 Å². The Bertz CT molecular complexity index is 944. The van der Waals surface area contributed by atoms with Crippen LogP contribution in [0.3, 0.4) is 0 Å². The first-order valence-corrected chi connectivity index (χ1v) is 12.0. The molecule has 3 rings (SSSR count). The zero-order chi connectivity index (χ0) is 22.3. The molecule has 1 saturated carbocycles. The molecule has 0 saturated heterocycles. The van der Waals surface area contributed by atoms with Crippen LogP contribution in [0.15, 0.2) is 33.9 Å². The fourth-order valence-electron chi connectivity index (χ4n) is 3.93. The maximum Gasteiger partial charge on any atom is 0.258 e. The Labute approximate surface area is 181 Å². The smallest absolute Gasteiger partial charge is 0.258 e. The van der Waals surface area contributed by atoms with Crippen LogP contribution in [-0.4, -0.2) is 40.7 Å². The van der Waals surface area contributed by atoms with Crippen LogP contribution in [-0.2, 0) is 21.4 Å². The highest BCUT2D eigenvalue weighted by Gasteiger charge is 2.26. The van der Waals surface area contributed by atoms with Crippen LogP contribution >= 0.6 is 0 Å². The van der Waals surface area contributed by atoms with E-state index in [1.165, 1.54) is 18.7 Å². The van der Waals surface area contributed by atoms with Crippen molar-refractivity contribution in [2.75, 3.05) is 0 Å². The number of nitrogens with zero attached hydrogens (tertiary/aromatic N) is 3. The number of aromatic nitrogens is 3. The number of nitrogens with one attached hydrogen (secondary N) is 1. The summed E-state index contributed by atoms with van der Waals surface area (Å²) in [5.41, 5.74) is 5.38. The van der Waals surface area contributed by atoms with Crippen LogP contribution in [0.25, 0.3) is 0 Å². The number of primary amides is 1. The summed E-state index contributed by atoms with van der Waals surface area (Å²) in [4.78, 5) is 19.6. The molecule has 1 aliphatic rings. The molecule has 10 nitrogen and oxygen atoms in total. The molecule has 2 atom stereocenters. The number of carbonyl (C=O) groups excluding carboxylic acids is 1. The number of hydrogen-bond acceptors (Lipinski definition) is 8. The largest absolute Gasteiger partial charge is 0.393 e. The third kappa shape index (κ3) is 6.81. The molecule has 2 aromatic rings. The van der Waals surface area contributed by atoms with Gasteiger partial charge in [-0.3, -0.25) is 4.79 Å². The van der Waals surface area contributed by atoms with Gasteiger partial charge in [0.25, 0.3) is 10.0 Å². The van der Waals surface area contributed by atoms with Gasteiger partial charge in [-0.1, -0.05) is 30.5 Å². The molecule has 0 radical (unpaired) electrons. The van der Waals surface area contributed by atoms with Crippen molar-refractivity contribution in [2.24, 2.45) is 11.7 Å². The second kappa shape index (κ2) is 10.8. The van der Waals surface area contributed by atoms with Crippen molar-refractivity contribution >= 4 is 15.9 Å². The number of aliphatic hydroxyl groups excluding tert-OH is 1. The maximum atomic E-state index is 12.3. The van der Waals surface area contributed by atoms with Crippen molar-refractivity contribution in [3.63, 3.8) is 0 Å². The van der Waals surface area contributed by atoms with Gasteiger partial charge in [0.1, 0.15) is 0 Å². The third-order valence-corrected chi connectivity index (χ3v) is 6.94. The van der Waals surface area contributed by atoms with E-state index >= 15 is 0 Å². The van der Waals surface area contributed by atoms with E-state index in [-0.39, 0.29) is 35.6 Å². The predicted octanol–water partition coefficient (Wildman–Crippen LogP) is 1.62. The van der Waals surface area contributed by atoms with Gasteiger partial charge in [-0.15, -0.1) is 0 Å². The molecular weight excluding hydrogens is 422 g/mol. The van der Waals surface area contributed by atoms with E-state index in [9.17, 15) is 18.3 Å². The van der Waals surface area contributed by atoms with Gasteiger partial charge in [-0.05, 0) is 43.7 Å². The lowest BCUT2D eigenvalue weighted by Crippen LogP contribution is -2.25. The molecule has 2 aromatic heterocycles. The van der Waals surface area contributed by atoms with Gasteiger partial charge in [0.2, 0.25) is 11.8 Å². The van der Waals surface area contributed by atoms with Gasteiger partial charge in [-0.2, -0.15) is 4.98 Å². The van der Waals surface area contributed by atoms with Crippen molar-refractivity contribution in [1.29, 1.82) is 0 Å². The molecule has 0 spiro atoms. The minimum absolute atomic E-state index is 0.0126. The van der Waals surface area contributed by atoms with E-state index in [0.29, 0.717) is 12.8 Å². The van der Waals surface area contributed by atoms with Crippen molar-refractivity contribution in [3.05, 3.63) is 36.1 Å². The molecule has 0 bridgehead atoms. The van der Waals surface area contributed by atoms with Crippen LogP contribution in [0.1, 0.15) is 69.0 Å². The molecular formula is C20H29N5O5S. The van der Waals surface area contributed by atoms with Gasteiger partial charge in [0.05, 0.1) is 12.6 Å². The number of pyridine rings is 1. The van der Waals surface area contributed by atoms with Gasteiger partial charge < -0.3 is 15.4 Å². The topological polar surface area (TPSA) is 161 Å². The number of sulfonamides is 1. The van der Waals surface area contributed by atoms with E-state index in [0.717, 1.165) is 25.7 Å². The number of amides is 1. The second-order valence-corrected chi connectivity index (χ2v) is 9.67. The SMILES string of the molecule is NC(=O)C[C@@H](CCC(O)C1CCCCC1)c1nc(CNS(=O)(=O)c2ccccn2)no1. The molecule has 11 heteroatoms. The quantitative estimate of drug-likeness (QED) is 0.464. The lowest BCUT2D eigenvalue weighted by atomic mass is 9.82. The molecule has 0 aromatic carbocycles. The van der Waals surface area contributed by atoms with Gasteiger partial charge in [-0.25, -0.2) is 18.1 Å². The van der Waals surface area contributed by atoms with E-state index in [4.69, 9.17) is 10.3 Å². The summed E-state index contributed by atoms with van der Waals surface area (Å²) in [5, 5.41) is 14.2. The fourth-order valence-corrected chi connectivity index (χ4v) is 4.85. The first-order valence-electron chi connectivity index (χ1n) is 10.5. The summed E-state index contributed by atoms with van der Waals surface area (Å²) in [7, 11) is -3.81. The lowest BCUT2D eigenvalue weighted by Gasteiger charge is -2.27. The first kappa shape index (κ1) is 23.3. The summed E-state index contributed by atoms with van der Waals surface area (Å²) in [6.45, 7) is -0.184. The highest BCUT2D eigenvalue weighted by molar-refractivity contribution is 7.89. The number of carbonyl (C=O) groups is 1. The van der Waals surface area contributed by atoms with Crippen molar-refractivity contribution in [2.45, 2.75) is 75.0 Å². The Morgan fingerprint density at radius 3 is 2.71 bits per heavy atom. The minimum Gasteiger partial charge on any atom is -0.393 e. The first-order chi connectivity index (χ1) is 14.8. The maximum absolute atomic E-state index is 12.3. The lowest BCUT2D eigenvalue weighted by molar-refractivity contribution is -0.118. The molecule has 2 heterocycles. The highest BCUT2D eigenvalue weighted by atomic mass is 32.2. The molecule has 31 heavy (non-hydrogen) atoms. The summed E-state index contributed by atoms with van der Waals surface area (Å²) in [6, 6.07) is 4.57. The Morgan fingerprint density at radius 1 is 1.26 bits per heavy atom. The van der Waals surface area contributed by atoms with E-state index in [2.05, 4.69) is 19.8 Å². The summed E-state index contributed by atoms with van der Waals surface area (Å²) in [5.74, 6) is -0.308. The zero-order valence-corrected chi connectivity index (χ0v) is 18.1. The van der Waals surface area contributed by atoms with E-state index in [1.54, 1.807) is 12.1 Å². The van der Waals surface area contributed by atoms with Crippen LogP contribution in [0, 0.1) is 5.92 Å². The molecule has 1 fully saturated rings. The van der Waals surface area contributed by atoms with E-state index in [1.807, 2.05) is 0 Å². The number of aliphatic hydroxyl groups is 1. The minimum atomic E-state index is -3.81. The van der Waals surface area contributed by atoms with Gasteiger partial charge in [0.15, 0.2) is 10.9 Å².